The molecule has 0 saturated carbocycles. The predicted octanol–water partition coefficient (Wildman–Crippen LogP) is 3.96. The molecule has 0 fully saturated rings. The second-order valence-corrected chi connectivity index (χ2v) is 6.03. The van der Waals surface area contributed by atoms with E-state index in [0.717, 1.165) is 28.1 Å². The van der Waals surface area contributed by atoms with Crippen LogP contribution in [0.2, 0.25) is 0 Å². The third kappa shape index (κ3) is 3.00. The molecule has 0 spiro atoms. The van der Waals surface area contributed by atoms with Gasteiger partial charge in [-0.2, -0.15) is 0 Å². The number of pyridine rings is 1. The van der Waals surface area contributed by atoms with Gasteiger partial charge in [0.2, 0.25) is 0 Å². The van der Waals surface area contributed by atoms with Crippen LogP contribution < -0.4 is 10.1 Å². The summed E-state index contributed by atoms with van der Waals surface area (Å²) >= 11 is 3.53. The number of nitrogens with zero attached hydrogens (tertiary/aromatic N) is 2. The van der Waals surface area contributed by atoms with Crippen molar-refractivity contribution >= 4 is 21.6 Å². The van der Waals surface area contributed by atoms with Gasteiger partial charge in [0.05, 0.1) is 23.5 Å². The van der Waals surface area contributed by atoms with Crippen molar-refractivity contribution in [3.63, 3.8) is 0 Å². The number of imidazole rings is 1. The Morgan fingerprint density at radius 2 is 2.18 bits per heavy atom. The zero-order chi connectivity index (χ0) is 15.5. The van der Waals surface area contributed by atoms with Gasteiger partial charge in [0.25, 0.3) is 0 Å². The molecule has 0 bridgehead atoms. The molecular weight excluding hydrogens is 342 g/mol. The summed E-state index contributed by atoms with van der Waals surface area (Å²) in [5.41, 5.74) is 3.33. The van der Waals surface area contributed by atoms with E-state index in [2.05, 4.69) is 49.7 Å². The van der Waals surface area contributed by atoms with Crippen molar-refractivity contribution in [2.24, 2.45) is 0 Å². The van der Waals surface area contributed by atoms with Crippen LogP contribution in [0.25, 0.3) is 5.65 Å². The number of hydrogen-bond acceptors (Lipinski definition) is 3. The highest BCUT2D eigenvalue weighted by atomic mass is 79.9. The largest absolute Gasteiger partial charge is 0.496 e. The molecule has 0 aliphatic heterocycles. The molecule has 3 rings (SSSR count). The van der Waals surface area contributed by atoms with Crippen LogP contribution in [0.5, 0.6) is 5.75 Å². The normalized spacial score (nSPS) is 12.5. The monoisotopic (exact) mass is 359 g/mol. The quantitative estimate of drug-likeness (QED) is 0.749. The molecule has 5 heteroatoms. The summed E-state index contributed by atoms with van der Waals surface area (Å²) in [7, 11) is 1.67. The van der Waals surface area contributed by atoms with E-state index in [9.17, 15) is 0 Å². The Balaban J connectivity index is 1.72. The van der Waals surface area contributed by atoms with Gasteiger partial charge in [-0.25, -0.2) is 4.98 Å². The third-order valence-electron chi connectivity index (χ3n) is 3.76. The highest BCUT2D eigenvalue weighted by Gasteiger charge is 2.09. The maximum absolute atomic E-state index is 5.27. The molecule has 0 aliphatic rings. The number of nitrogens with one attached hydrogen (secondary N) is 1. The Morgan fingerprint density at radius 1 is 1.32 bits per heavy atom. The van der Waals surface area contributed by atoms with Crippen molar-refractivity contribution in [2.75, 3.05) is 7.11 Å². The second-order valence-electron chi connectivity index (χ2n) is 5.17. The van der Waals surface area contributed by atoms with Crippen molar-refractivity contribution < 1.29 is 4.74 Å². The third-order valence-corrected chi connectivity index (χ3v) is 4.38. The molecule has 0 aliphatic carbocycles. The minimum atomic E-state index is 0.233. The van der Waals surface area contributed by atoms with Crippen LogP contribution in [0.15, 0.2) is 53.3 Å². The molecule has 0 amide bonds. The average molecular weight is 360 g/mol. The Labute approximate surface area is 138 Å². The number of halogens is 1. The van der Waals surface area contributed by atoms with Gasteiger partial charge in [0.1, 0.15) is 11.4 Å². The number of benzene rings is 1. The Bertz CT molecular complexity index is 784. The van der Waals surface area contributed by atoms with Crippen LogP contribution >= 0.6 is 15.9 Å². The van der Waals surface area contributed by atoms with E-state index in [-0.39, 0.29) is 6.04 Å². The predicted molar refractivity (Wildman–Crippen MR) is 91.1 cm³/mol. The minimum absolute atomic E-state index is 0.233. The molecule has 1 unspecified atom stereocenters. The highest BCUT2D eigenvalue weighted by molar-refractivity contribution is 9.10. The van der Waals surface area contributed by atoms with Crippen LogP contribution in [0.3, 0.4) is 0 Å². The summed E-state index contributed by atoms with van der Waals surface area (Å²) in [4.78, 5) is 4.41. The fourth-order valence-electron chi connectivity index (χ4n) is 2.44. The van der Waals surface area contributed by atoms with E-state index in [1.54, 1.807) is 7.11 Å². The summed E-state index contributed by atoms with van der Waals surface area (Å²) in [5.74, 6) is 0.845. The molecule has 2 heterocycles. The molecule has 1 atom stereocenters. The van der Waals surface area contributed by atoms with E-state index in [0.29, 0.717) is 0 Å². The number of fused-ring (bicyclic) bond motifs is 1. The maximum Gasteiger partial charge on any atom is 0.136 e. The number of rotatable bonds is 5. The minimum Gasteiger partial charge on any atom is -0.496 e. The van der Waals surface area contributed by atoms with Gasteiger partial charge < -0.3 is 14.5 Å². The Morgan fingerprint density at radius 3 is 2.95 bits per heavy atom. The van der Waals surface area contributed by atoms with Crippen LogP contribution in [0.4, 0.5) is 0 Å². The van der Waals surface area contributed by atoms with Crippen molar-refractivity contribution in [3.05, 3.63) is 64.5 Å². The number of aromatic nitrogens is 2. The van der Waals surface area contributed by atoms with E-state index in [1.165, 1.54) is 5.56 Å². The maximum atomic E-state index is 5.27. The fraction of sp³-hybridized carbons (Fsp3) is 0.235. The molecule has 22 heavy (non-hydrogen) atoms. The van der Waals surface area contributed by atoms with Crippen LogP contribution in [-0.4, -0.2) is 16.5 Å². The molecule has 4 nitrogen and oxygen atoms in total. The van der Waals surface area contributed by atoms with Crippen molar-refractivity contribution in [2.45, 2.75) is 19.5 Å². The van der Waals surface area contributed by atoms with E-state index >= 15 is 0 Å². The average Bonchev–Trinajstić information content (AvgIpc) is 2.95. The van der Waals surface area contributed by atoms with Crippen molar-refractivity contribution in [1.82, 2.24) is 14.7 Å². The molecular formula is C17H18BrN3O. The first kappa shape index (κ1) is 15.1. The summed E-state index contributed by atoms with van der Waals surface area (Å²) in [6.45, 7) is 2.91. The summed E-state index contributed by atoms with van der Waals surface area (Å²) < 4.78 is 8.34. The zero-order valence-electron chi connectivity index (χ0n) is 12.6. The fourth-order valence-corrected chi connectivity index (χ4v) is 3.00. The van der Waals surface area contributed by atoms with E-state index in [1.807, 2.05) is 36.7 Å². The lowest BCUT2D eigenvalue weighted by Gasteiger charge is -2.15. The zero-order valence-corrected chi connectivity index (χ0v) is 14.2. The molecule has 0 radical (unpaired) electrons. The highest BCUT2D eigenvalue weighted by Crippen LogP contribution is 2.28. The molecule has 114 valence electrons. The standard InChI is InChI=1S/C17H18BrN3O/c1-12(13-6-7-16(22-2)15(18)9-13)19-10-14-11-20-17-5-3-4-8-21(14)17/h3-9,11-12,19H,10H2,1-2H3. The number of ether oxygens (including phenoxy) is 1. The van der Waals surface area contributed by atoms with Gasteiger partial charge in [-0.3, -0.25) is 0 Å². The van der Waals surface area contributed by atoms with Crippen LogP contribution in [0, 0.1) is 0 Å². The van der Waals surface area contributed by atoms with Crippen molar-refractivity contribution in [1.29, 1.82) is 0 Å². The summed E-state index contributed by atoms with van der Waals surface area (Å²) in [5, 5.41) is 3.54. The number of hydrogen-bond donors (Lipinski definition) is 1. The van der Waals surface area contributed by atoms with Crippen LogP contribution in [0.1, 0.15) is 24.2 Å². The van der Waals surface area contributed by atoms with Gasteiger partial charge in [-0.15, -0.1) is 0 Å². The van der Waals surface area contributed by atoms with Gasteiger partial charge in [-0.1, -0.05) is 12.1 Å². The van der Waals surface area contributed by atoms with Gasteiger partial charge in [-0.05, 0) is 52.7 Å². The Hall–Kier alpha value is -1.85. The van der Waals surface area contributed by atoms with E-state index < -0.39 is 0 Å². The molecule has 1 aromatic carbocycles. The summed E-state index contributed by atoms with van der Waals surface area (Å²) in [6, 6.07) is 12.4. The molecule has 3 aromatic rings. The molecule has 2 aromatic heterocycles. The molecule has 0 saturated heterocycles. The SMILES string of the molecule is COc1ccc(C(C)NCc2cnc3ccccn23)cc1Br. The number of methoxy groups -OCH3 is 1. The lowest BCUT2D eigenvalue weighted by molar-refractivity contribution is 0.411. The van der Waals surface area contributed by atoms with Gasteiger partial charge >= 0.3 is 0 Å². The topological polar surface area (TPSA) is 38.6 Å². The second kappa shape index (κ2) is 6.50. The van der Waals surface area contributed by atoms with Gasteiger partial charge in [0.15, 0.2) is 0 Å². The molecule has 1 N–H and O–H groups in total. The first-order valence-corrected chi connectivity index (χ1v) is 7.96. The lowest BCUT2D eigenvalue weighted by Crippen LogP contribution is -2.19. The summed E-state index contributed by atoms with van der Waals surface area (Å²) in [6.07, 6.45) is 3.95. The Kier molecular flexibility index (Phi) is 4.45. The first-order chi connectivity index (χ1) is 10.7. The van der Waals surface area contributed by atoms with Gasteiger partial charge in [0, 0.05) is 18.8 Å². The van der Waals surface area contributed by atoms with E-state index in [4.69, 9.17) is 4.74 Å². The lowest BCUT2D eigenvalue weighted by atomic mass is 10.1. The smallest absolute Gasteiger partial charge is 0.136 e. The van der Waals surface area contributed by atoms with Crippen molar-refractivity contribution in [3.8, 4) is 5.75 Å². The van der Waals surface area contributed by atoms with Crippen LogP contribution in [-0.2, 0) is 6.54 Å². The first-order valence-electron chi connectivity index (χ1n) is 7.17.